The number of imidazole rings is 1. The number of aryl methyl sites for hydroxylation is 1. The first-order valence-electron chi connectivity index (χ1n) is 4.00. The molecule has 0 bridgehead atoms. The van der Waals surface area contributed by atoms with Crippen molar-refractivity contribution in [2.24, 2.45) is 0 Å². The molecule has 1 N–H and O–H groups in total. The number of nitrogens with zero attached hydrogens (tertiary/aromatic N) is 2. The number of aromatic nitrogens is 2. The van der Waals surface area contributed by atoms with E-state index in [1.807, 2.05) is 10.8 Å². The highest BCUT2D eigenvalue weighted by Crippen LogP contribution is 2.28. The van der Waals surface area contributed by atoms with Crippen molar-refractivity contribution in [1.29, 1.82) is 0 Å². The van der Waals surface area contributed by atoms with Crippen LogP contribution in [0.4, 0.5) is 0 Å². The fourth-order valence-electron chi connectivity index (χ4n) is 1.70. The molecule has 4 nitrogen and oxygen atoms in total. The molecule has 1 aliphatic heterocycles. The van der Waals surface area contributed by atoms with Gasteiger partial charge in [-0.25, -0.2) is 4.98 Å². The van der Waals surface area contributed by atoms with Gasteiger partial charge in [0.2, 0.25) is 0 Å². The van der Waals surface area contributed by atoms with E-state index in [9.17, 15) is 4.79 Å². The normalized spacial score (nSPS) is 20.8. The summed E-state index contributed by atoms with van der Waals surface area (Å²) in [6.45, 7) is 0.910. The Bertz CT molecular complexity index is 306. The van der Waals surface area contributed by atoms with Gasteiger partial charge in [0.05, 0.1) is 6.42 Å². The summed E-state index contributed by atoms with van der Waals surface area (Å²) in [5, 5.41) is 8.60. The van der Waals surface area contributed by atoms with E-state index in [0.29, 0.717) is 0 Å². The fourth-order valence-corrected chi connectivity index (χ4v) is 1.70. The molecule has 0 aromatic carbocycles. The molecule has 2 heterocycles. The fraction of sp³-hybridized carbons (Fsp3) is 0.500. The molecule has 0 radical (unpaired) electrons. The summed E-state index contributed by atoms with van der Waals surface area (Å²) in [5.41, 5.74) is 0. The average molecular weight is 166 g/mol. The zero-order valence-electron chi connectivity index (χ0n) is 6.60. The zero-order chi connectivity index (χ0) is 8.55. The van der Waals surface area contributed by atoms with Crippen LogP contribution in [0.3, 0.4) is 0 Å². The minimum absolute atomic E-state index is 0.123. The standard InChI is InChI=1S/C8H10N2O2/c11-7(12)5-6-1-3-10-4-2-9-8(6)10/h2,4,6H,1,3,5H2,(H,11,12)/t6-/m0/s1. The summed E-state index contributed by atoms with van der Waals surface area (Å²) in [5.74, 6) is 0.311. The van der Waals surface area contributed by atoms with Crippen LogP contribution in [-0.2, 0) is 11.3 Å². The first kappa shape index (κ1) is 7.34. The number of carboxylic acids is 1. The summed E-state index contributed by atoms with van der Waals surface area (Å²) in [6.07, 6.45) is 4.74. The van der Waals surface area contributed by atoms with Crippen LogP contribution in [0.5, 0.6) is 0 Å². The van der Waals surface area contributed by atoms with Crippen molar-refractivity contribution in [3.05, 3.63) is 18.2 Å². The molecule has 2 rings (SSSR count). The molecule has 0 saturated carbocycles. The third-order valence-corrected chi connectivity index (χ3v) is 2.25. The van der Waals surface area contributed by atoms with Crippen molar-refractivity contribution in [2.75, 3.05) is 0 Å². The molecule has 0 spiro atoms. The topological polar surface area (TPSA) is 55.1 Å². The maximum Gasteiger partial charge on any atom is 0.304 e. The number of carboxylic acid groups (broad SMARTS) is 1. The molecule has 0 amide bonds. The van der Waals surface area contributed by atoms with Crippen molar-refractivity contribution in [3.8, 4) is 0 Å². The molecule has 1 aromatic heterocycles. The Morgan fingerprint density at radius 2 is 2.67 bits per heavy atom. The van der Waals surface area contributed by atoms with Crippen LogP contribution >= 0.6 is 0 Å². The number of rotatable bonds is 2. The largest absolute Gasteiger partial charge is 0.481 e. The van der Waals surface area contributed by atoms with Crippen molar-refractivity contribution in [3.63, 3.8) is 0 Å². The van der Waals surface area contributed by atoms with Crippen LogP contribution in [0.1, 0.15) is 24.6 Å². The molecule has 0 unspecified atom stereocenters. The third kappa shape index (κ3) is 1.09. The van der Waals surface area contributed by atoms with E-state index in [4.69, 9.17) is 5.11 Å². The molecule has 1 atom stereocenters. The molecule has 1 aromatic rings. The second-order valence-electron chi connectivity index (χ2n) is 3.06. The Morgan fingerprint density at radius 3 is 3.42 bits per heavy atom. The smallest absolute Gasteiger partial charge is 0.304 e. The van der Waals surface area contributed by atoms with E-state index in [1.54, 1.807) is 6.20 Å². The van der Waals surface area contributed by atoms with Crippen molar-refractivity contribution in [2.45, 2.75) is 25.3 Å². The Labute approximate surface area is 69.8 Å². The van der Waals surface area contributed by atoms with Gasteiger partial charge < -0.3 is 9.67 Å². The van der Waals surface area contributed by atoms with Crippen LogP contribution in [0.15, 0.2) is 12.4 Å². The minimum atomic E-state index is -0.739. The van der Waals surface area contributed by atoms with Crippen LogP contribution in [0.2, 0.25) is 0 Å². The predicted octanol–water partition coefficient (Wildman–Crippen LogP) is 0.845. The lowest BCUT2D eigenvalue weighted by Gasteiger charge is -2.02. The number of fused-ring (bicyclic) bond motifs is 1. The molecular weight excluding hydrogens is 156 g/mol. The zero-order valence-corrected chi connectivity index (χ0v) is 6.60. The molecule has 0 aliphatic carbocycles. The maximum atomic E-state index is 10.4. The van der Waals surface area contributed by atoms with Crippen LogP contribution in [0.25, 0.3) is 0 Å². The first-order chi connectivity index (χ1) is 5.77. The molecule has 0 saturated heterocycles. The second kappa shape index (κ2) is 2.62. The van der Waals surface area contributed by atoms with E-state index < -0.39 is 5.97 Å². The minimum Gasteiger partial charge on any atom is -0.481 e. The summed E-state index contributed by atoms with van der Waals surface area (Å²) in [4.78, 5) is 14.6. The van der Waals surface area contributed by atoms with Crippen LogP contribution in [0, 0.1) is 0 Å². The number of hydrogen-bond acceptors (Lipinski definition) is 2. The predicted molar refractivity (Wildman–Crippen MR) is 41.8 cm³/mol. The van der Waals surface area contributed by atoms with Gasteiger partial charge in [0.15, 0.2) is 0 Å². The molecule has 0 fully saturated rings. The second-order valence-corrected chi connectivity index (χ2v) is 3.06. The lowest BCUT2D eigenvalue weighted by molar-refractivity contribution is -0.137. The van der Waals surface area contributed by atoms with Gasteiger partial charge in [-0.3, -0.25) is 4.79 Å². The Kier molecular flexibility index (Phi) is 1.60. The highest BCUT2D eigenvalue weighted by Gasteiger charge is 2.25. The Balaban J connectivity index is 2.17. The first-order valence-corrected chi connectivity index (χ1v) is 4.00. The van der Waals surface area contributed by atoms with E-state index in [0.717, 1.165) is 18.8 Å². The summed E-state index contributed by atoms with van der Waals surface area (Å²) in [6, 6.07) is 0. The van der Waals surface area contributed by atoms with Gasteiger partial charge >= 0.3 is 5.97 Å². The van der Waals surface area contributed by atoms with E-state index >= 15 is 0 Å². The van der Waals surface area contributed by atoms with Crippen molar-refractivity contribution in [1.82, 2.24) is 9.55 Å². The monoisotopic (exact) mass is 166 g/mol. The van der Waals surface area contributed by atoms with Gasteiger partial charge in [0.25, 0.3) is 0 Å². The van der Waals surface area contributed by atoms with Gasteiger partial charge in [0, 0.05) is 24.9 Å². The van der Waals surface area contributed by atoms with Crippen molar-refractivity contribution >= 4 is 5.97 Å². The van der Waals surface area contributed by atoms with Gasteiger partial charge in [-0.1, -0.05) is 0 Å². The highest BCUT2D eigenvalue weighted by atomic mass is 16.4. The van der Waals surface area contributed by atoms with Gasteiger partial charge in [-0.2, -0.15) is 0 Å². The summed E-state index contributed by atoms with van der Waals surface area (Å²) < 4.78 is 2.02. The maximum absolute atomic E-state index is 10.4. The summed E-state index contributed by atoms with van der Waals surface area (Å²) >= 11 is 0. The van der Waals surface area contributed by atoms with Gasteiger partial charge in [-0.15, -0.1) is 0 Å². The Hall–Kier alpha value is -1.32. The van der Waals surface area contributed by atoms with Gasteiger partial charge in [-0.05, 0) is 6.42 Å². The number of aliphatic carboxylic acids is 1. The third-order valence-electron chi connectivity index (χ3n) is 2.25. The van der Waals surface area contributed by atoms with Crippen LogP contribution in [-0.4, -0.2) is 20.6 Å². The van der Waals surface area contributed by atoms with Crippen molar-refractivity contribution < 1.29 is 9.90 Å². The Morgan fingerprint density at radius 1 is 1.83 bits per heavy atom. The van der Waals surface area contributed by atoms with Gasteiger partial charge in [0.1, 0.15) is 5.82 Å². The lowest BCUT2D eigenvalue weighted by atomic mass is 10.0. The highest BCUT2D eigenvalue weighted by molar-refractivity contribution is 5.67. The van der Waals surface area contributed by atoms with Crippen LogP contribution < -0.4 is 0 Å². The van der Waals surface area contributed by atoms with E-state index in [1.165, 1.54) is 0 Å². The molecule has 64 valence electrons. The SMILES string of the molecule is O=C(O)C[C@@H]1CCn2ccnc21. The summed E-state index contributed by atoms with van der Waals surface area (Å²) in [7, 11) is 0. The lowest BCUT2D eigenvalue weighted by Crippen LogP contribution is -2.04. The average Bonchev–Trinajstić information content (AvgIpc) is 2.52. The van der Waals surface area contributed by atoms with E-state index in [-0.39, 0.29) is 12.3 Å². The molecule has 1 aliphatic rings. The number of carbonyl (C=O) groups is 1. The molecular formula is C8H10N2O2. The number of hydrogen-bond donors (Lipinski definition) is 1. The molecule has 12 heavy (non-hydrogen) atoms. The molecule has 4 heteroatoms. The quantitative estimate of drug-likeness (QED) is 0.708. The van der Waals surface area contributed by atoms with E-state index in [2.05, 4.69) is 4.98 Å².